The molecule has 2 saturated carbocycles. The van der Waals surface area contributed by atoms with Crippen LogP contribution in [-0.4, -0.2) is 59.7 Å². The van der Waals surface area contributed by atoms with E-state index in [4.69, 9.17) is 9.72 Å². The van der Waals surface area contributed by atoms with Gasteiger partial charge in [-0.15, -0.1) is 0 Å². The summed E-state index contributed by atoms with van der Waals surface area (Å²) in [5.41, 5.74) is 3.43. The zero-order chi connectivity index (χ0) is 29.0. The predicted octanol–water partition coefficient (Wildman–Crippen LogP) is 4.12. The molecule has 1 aliphatic heterocycles. The van der Waals surface area contributed by atoms with Crippen LogP contribution in [0, 0.1) is 5.41 Å². The second-order valence-corrected chi connectivity index (χ2v) is 12.1. The van der Waals surface area contributed by atoms with Gasteiger partial charge in [0, 0.05) is 31.6 Å². The van der Waals surface area contributed by atoms with Crippen molar-refractivity contribution in [3.05, 3.63) is 65.4 Å². The minimum absolute atomic E-state index is 0.151. The van der Waals surface area contributed by atoms with Crippen LogP contribution >= 0.6 is 0 Å². The molecule has 1 spiro atoms. The van der Waals surface area contributed by atoms with Gasteiger partial charge in [-0.05, 0) is 55.0 Å². The number of amides is 2. The van der Waals surface area contributed by atoms with Crippen LogP contribution < -0.4 is 25.2 Å². The minimum Gasteiger partial charge on any atom is -0.495 e. The topological polar surface area (TPSA) is 120 Å². The molecule has 4 aliphatic rings. The molecule has 218 valence electrons. The summed E-state index contributed by atoms with van der Waals surface area (Å²) >= 11 is 0. The third kappa shape index (κ3) is 4.54. The van der Waals surface area contributed by atoms with Crippen LogP contribution in [0.5, 0.6) is 5.75 Å². The van der Waals surface area contributed by atoms with Gasteiger partial charge in [-0.1, -0.05) is 37.1 Å². The number of ether oxygens (including phenoxy) is 1. The molecule has 2 fully saturated rings. The van der Waals surface area contributed by atoms with Gasteiger partial charge in [0.05, 0.1) is 36.6 Å². The lowest BCUT2D eigenvalue weighted by Crippen LogP contribution is -2.41. The van der Waals surface area contributed by atoms with Crippen molar-refractivity contribution in [2.45, 2.75) is 63.1 Å². The van der Waals surface area contributed by atoms with E-state index in [0.717, 1.165) is 48.3 Å². The second kappa shape index (κ2) is 10.3. The molecular formula is C32H36N6O4. The normalized spacial score (nSPS) is 22.5. The first-order chi connectivity index (χ1) is 20.4. The number of nitrogens with one attached hydrogen (secondary N) is 2. The number of hydrogen-bond donors (Lipinski definition) is 3. The van der Waals surface area contributed by atoms with E-state index in [2.05, 4.69) is 20.5 Å². The zero-order valence-corrected chi connectivity index (χ0v) is 24.0. The lowest BCUT2D eigenvalue weighted by Gasteiger charge is -2.31. The first kappa shape index (κ1) is 26.7. The van der Waals surface area contributed by atoms with E-state index in [1.807, 2.05) is 31.3 Å². The number of hydrogen-bond acceptors (Lipinski definition) is 8. The smallest absolute Gasteiger partial charge is 0.251 e. The average Bonchev–Trinajstić information content (AvgIpc) is 3.47. The van der Waals surface area contributed by atoms with E-state index in [-0.39, 0.29) is 17.2 Å². The Balaban J connectivity index is 1.14. The van der Waals surface area contributed by atoms with Crippen LogP contribution in [0.3, 0.4) is 0 Å². The molecule has 10 nitrogen and oxygen atoms in total. The maximum atomic E-state index is 13.4. The Labute approximate surface area is 245 Å². The lowest BCUT2D eigenvalue weighted by molar-refractivity contribution is -0.122. The largest absolute Gasteiger partial charge is 0.495 e. The van der Waals surface area contributed by atoms with Gasteiger partial charge in [-0.2, -0.15) is 4.98 Å². The van der Waals surface area contributed by atoms with Gasteiger partial charge >= 0.3 is 0 Å². The van der Waals surface area contributed by atoms with Crippen LogP contribution in [0.25, 0.3) is 0 Å². The summed E-state index contributed by atoms with van der Waals surface area (Å²) in [6.45, 7) is 0.692. The Kier molecular flexibility index (Phi) is 6.53. The Bertz CT molecular complexity index is 1550. The Morgan fingerprint density at radius 3 is 2.69 bits per heavy atom. The first-order valence-electron chi connectivity index (χ1n) is 14.8. The Morgan fingerprint density at radius 2 is 1.93 bits per heavy atom. The fraction of sp³-hybridized carbons (Fsp3) is 0.438. The molecule has 7 rings (SSSR count). The number of aliphatic hydroxyl groups is 1. The predicted molar refractivity (Wildman–Crippen MR) is 159 cm³/mol. The molecule has 3 N–H and O–H groups in total. The number of rotatable bonds is 6. The highest BCUT2D eigenvalue weighted by Crippen LogP contribution is 2.52. The quantitative estimate of drug-likeness (QED) is 0.406. The lowest BCUT2D eigenvalue weighted by atomic mass is 10.0. The van der Waals surface area contributed by atoms with E-state index < -0.39 is 12.1 Å². The van der Waals surface area contributed by atoms with Crippen molar-refractivity contribution >= 4 is 35.0 Å². The summed E-state index contributed by atoms with van der Waals surface area (Å²) in [5, 5.41) is 16.8. The van der Waals surface area contributed by atoms with E-state index >= 15 is 0 Å². The molecule has 2 heterocycles. The van der Waals surface area contributed by atoms with Crippen molar-refractivity contribution in [3.63, 3.8) is 0 Å². The molecule has 42 heavy (non-hydrogen) atoms. The molecule has 10 heteroatoms. The number of benzene rings is 2. The monoisotopic (exact) mass is 568 g/mol. The SMILES string of the molecule is COc1cc(C(=O)NC2c3ccccc3C[C@H]2O)ccc1Nc1ncc2c(n1)N(C1CCCC1)CC1(CC1)C(=O)N2C. The number of aliphatic hydroxyl groups excluding tert-OH is 1. The van der Waals surface area contributed by atoms with Crippen molar-refractivity contribution < 1.29 is 19.4 Å². The molecule has 2 aromatic carbocycles. The summed E-state index contributed by atoms with van der Waals surface area (Å²) in [6, 6.07) is 12.8. The Morgan fingerprint density at radius 1 is 1.14 bits per heavy atom. The van der Waals surface area contributed by atoms with Crippen molar-refractivity contribution in [1.29, 1.82) is 0 Å². The van der Waals surface area contributed by atoms with Crippen molar-refractivity contribution in [2.75, 3.05) is 35.8 Å². The molecule has 1 aromatic heterocycles. The van der Waals surface area contributed by atoms with E-state index in [9.17, 15) is 14.7 Å². The summed E-state index contributed by atoms with van der Waals surface area (Å²) in [5.74, 6) is 1.49. The van der Waals surface area contributed by atoms with Crippen LogP contribution in [0.4, 0.5) is 23.1 Å². The maximum absolute atomic E-state index is 13.4. The second-order valence-electron chi connectivity index (χ2n) is 12.1. The van der Waals surface area contributed by atoms with Gasteiger partial charge in [0.15, 0.2) is 5.82 Å². The van der Waals surface area contributed by atoms with Gasteiger partial charge in [0.25, 0.3) is 5.91 Å². The van der Waals surface area contributed by atoms with Crippen LogP contribution in [0.15, 0.2) is 48.7 Å². The summed E-state index contributed by atoms with van der Waals surface area (Å²) in [4.78, 5) is 40.2. The van der Waals surface area contributed by atoms with Crippen LogP contribution in [0.1, 0.15) is 66.1 Å². The van der Waals surface area contributed by atoms with Gasteiger partial charge < -0.3 is 30.3 Å². The van der Waals surface area contributed by atoms with Crippen molar-refractivity contribution in [1.82, 2.24) is 15.3 Å². The minimum atomic E-state index is -0.674. The highest BCUT2D eigenvalue weighted by molar-refractivity contribution is 6.03. The number of carbonyl (C=O) groups is 2. The molecular weight excluding hydrogens is 532 g/mol. The molecule has 2 amide bonds. The number of methoxy groups -OCH3 is 1. The number of anilines is 4. The summed E-state index contributed by atoms with van der Waals surface area (Å²) in [6.07, 6.45) is 7.96. The molecule has 2 atom stereocenters. The molecule has 1 unspecified atom stereocenters. The number of fused-ring (bicyclic) bond motifs is 2. The van der Waals surface area contributed by atoms with E-state index in [1.54, 1.807) is 36.4 Å². The Hall–Kier alpha value is -4.18. The first-order valence-corrected chi connectivity index (χ1v) is 14.8. The van der Waals surface area contributed by atoms with Crippen molar-refractivity contribution in [2.24, 2.45) is 5.41 Å². The number of carbonyl (C=O) groups excluding carboxylic acids is 2. The molecule has 0 saturated heterocycles. The summed E-state index contributed by atoms with van der Waals surface area (Å²) in [7, 11) is 3.38. The fourth-order valence-corrected chi connectivity index (χ4v) is 6.88. The standard InChI is InChI=1S/C32H36N6O4/c1-37-24-17-33-31(36-28(24)38(21-8-4-5-9-21)18-32(13-14-32)30(37)41)34-23-12-11-20(16-26(23)42-2)29(40)35-27-22-10-6-3-7-19(22)15-25(27)39/h3,6-7,10-12,16-17,21,25,27,39H,4-5,8-9,13-15,18H2,1-2H3,(H,35,40)(H,33,34,36)/t25-,27?/m1/s1. The maximum Gasteiger partial charge on any atom is 0.251 e. The fourth-order valence-electron chi connectivity index (χ4n) is 6.88. The van der Waals surface area contributed by atoms with Crippen molar-refractivity contribution in [3.8, 4) is 5.75 Å². The highest BCUT2D eigenvalue weighted by atomic mass is 16.5. The van der Waals surface area contributed by atoms with Gasteiger partial charge in [-0.25, -0.2) is 4.98 Å². The molecule has 0 radical (unpaired) electrons. The van der Waals surface area contributed by atoms with Crippen LogP contribution in [0.2, 0.25) is 0 Å². The van der Waals surface area contributed by atoms with E-state index in [0.29, 0.717) is 42.0 Å². The number of nitrogens with zero attached hydrogens (tertiary/aromatic N) is 4. The van der Waals surface area contributed by atoms with Gasteiger partial charge in [-0.3, -0.25) is 9.59 Å². The average molecular weight is 569 g/mol. The molecule has 3 aromatic rings. The highest BCUT2D eigenvalue weighted by Gasteiger charge is 2.55. The van der Waals surface area contributed by atoms with Gasteiger partial charge in [0.1, 0.15) is 11.4 Å². The number of aromatic nitrogens is 2. The third-order valence-corrected chi connectivity index (χ3v) is 9.43. The summed E-state index contributed by atoms with van der Waals surface area (Å²) < 4.78 is 5.65. The van der Waals surface area contributed by atoms with E-state index in [1.165, 1.54) is 12.8 Å². The molecule has 3 aliphatic carbocycles. The van der Waals surface area contributed by atoms with Crippen LogP contribution in [-0.2, 0) is 11.2 Å². The third-order valence-electron chi connectivity index (χ3n) is 9.43. The van der Waals surface area contributed by atoms with Gasteiger partial charge in [0.2, 0.25) is 11.9 Å². The zero-order valence-electron chi connectivity index (χ0n) is 24.0. The molecule has 0 bridgehead atoms.